The van der Waals surface area contributed by atoms with E-state index in [1.807, 2.05) is 44.2 Å². The van der Waals surface area contributed by atoms with Crippen LogP contribution in [0.2, 0.25) is 0 Å². The number of nitrogens with zero attached hydrogens (tertiary/aromatic N) is 3. The fourth-order valence-electron chi connectivity index (χ4n) is 3.08. The maximum atomic E-state index is 12.1. The first-order valence-corrected chi connectivity index (χ1v) is 11.6. The summed E-state index contributed by atoms with van der Waals surface area (Å²) in [5.41, 5.74) is 4.10. The van der Waals surface area contributed by atoms with Gasteiger partial charge < -0.3 is 10.2 Å². The lowest BCUT2D eigenvalue weighted by atomic mass is 10.1. The van der Waals surface area contributed by atoms with Crippen LogP contribution in [-0.2, 0) is 18.7 Å². The van der Waals surface area contributed by atoms with Crippen LogP contribution < -0.4 is 10.2 Å². The molecule has 0 aliphatic rings. The van der Waals surface area contributed by atoms with Gasteiger partial charge in [0.25, 0.3) is 5.91 Å². The molecule has 0 radical (unpaired) electrons. The molecule has 0 bridgehead atoms. The number of hydrogen-bond donors (Lipinski definition) is 1. The Morgan fingerprint density at radius 3 is 2.39 bits per heavy atom. The van der Waals surface area contributed by atoms with Crippen LogP contribution in [0.4, 0.5) is 5.82 Å². The number of thioether (sulfide) groups is 1. The number of rotatable bonds is 9. The molecule has 1 N–H and O–H groups in total. The zero-order chi connectivity index (χ0) is 22.2. The van der Waals surface area contributed by atoms with E-state index >= 15 is 0 Å². The highest BCUT2D eigenvalue weighted by atomic mass is 32.2. The molecule has 3 rings (SSSR count). The number of hydrogen-bond acceptors (Lipinski definition) is 5. The van der Waals surface area contributed by atoms with E-state index in [1.165, 1.54) is 5.56 Å². The number of nitrogens with one attached hydrogen (secondary N) is 1. The summed E-state index contributed by atoms with van der Waals surface area (Å²) in [7, 11) is 2.06. The first-order chi connectivity index (χ1) is 14.9. The average molecular weight is 435 g/mol. The van der Waals surface area contributed by atoms with Crippen LogP contribution in [0, 0.1) is 0 Å². The zero-order valence-electron chi connectivity index (χ0n) is 18.6. The van der Waals surface area contributed by atoms with Gasteiger partial charge in [-0.3, -0.25) is 4.79 Å². The Kier molecular flexibility index (Phi) is 8.06. The molecule has 0 aliphatic carbocycles. The van der Waals surface area contributed by atoms with E-state index in [9.17, 15) is 4.79 Å². The number of anilines is 1. The van der Waals surface area contributed by atoms with E-state index in [4.69, 9.17) is 9.97 Å². The van der Waals surface area contributed by atoms with Gasteiger partial charge in [-0.1, -0.05) is 61.2 Å². The molecule has 3 aromatic rings. The molecule has 162 valence electrons. The van der Waals surface area contributed by atoms with Gasteiger partial charge in [-0.25, -0.2) is 9.97 Å². The Balaban J connectivity index is 1.67. The molecule has 2 aromatic carbocycles. The number of aromatic nitrogens is 2. The van der Waals surface area contributed by atoms with E-state index in [2.05, 4.69) is 54.5 Å². The Labute approximate surface area is 189 Å². The molecule has 1 aromatic heterocycles. The van der Waals surface area contributed by atoms with Crippen LogP contribution in [0.15, 0.2) is 65.8 Å². The highest BCUT2D eigenvalue weighted by Gasteiger charge is 2.10. The first kappa shape index (κ1) is 22.8. The minimum absolute atomic E-state index is 0.0423. The van der Waals surface area contributed by atoms with Crippen LogP contribution >= 0.6 is 11.8 Å². The van der Waals surface area contributed by atoms with E-state index in [0.29, 0.717) is 5.56 Å². The number of benzene rings is 2. The van der Waals surface area contributed by atoms with Crippen molar-refractivity contribution in [3.05, 3.63) is 83.0 Å². The monoisotopic (exact) mass is 434 g/mol. The SMILES string of the molecule is CCc1cc(N(C)Cc2ccccc2)nc(SCc2ccc(C(=O)NC(C)C)cc2)n1. The third-order valence-corrected chi connectivity index (χ3v) is 5.68. The van der Waals surface area contributed by atoms with Crippen molar-refractivity contribution in [3.8, 4) is 0 Å². The second-order valence-electron chi connectivity index (χ2n) is 7.81. The lowest BCUT2D eigenvalue weighted by Crippen LogP contribution is -2.29. The van der Waals surface area contributed by atoms with Crippen LogP contribution in [-0.4, -0.2) is 29.0 Å². The summed E-state index contributed by atoms with van der Waals surface area (Å²) < 4.78 is 0. The van der Waals surface area contributed by atoms with Crippen molar-refractivity contribution in [3.63, 3.8) is 0 Å². The van der Waals surface area contributed by atoms with Gasteiger partial charge in [0.1, 0.15) is 5.82 Å². The number of carbonyl (C=O) groups is 1. The van der Waals surface area contributed by atoms with Crippen LogP contribution in [0.1, 0.15) is 48.0 Å². The second-order valence-corrected chi connectivity index (χ2v) is 8.75. The van der Waals surface area contributed by atoms with E-state index in [1.54, 1.807) is 11.8 Å². The summed E-state index contributed by atoms with van der Waals surface area (Å²) in [5, 5.41) is 3.69. The fourth-order valence-corrected chi connectivity index (χ4v) is 3.91. The van der Waals surface area contributed by atoms with Crippen LogP contribution in [0.25, 0.3) is 0 Å². The van der Waals surface area contributed by atoms with Crippen LogP contribution in [0.3, 0.4) is 0 Å². The minimum atomic E-state index is -0.0423. The van der Waals surface area contributed by atoms with E-state index < -0.39 is 0 Å². The Morgan fingerprint density at radius 1 is 1.03 bits per heavy atom. The van der Waals surface area contributed by atoms with Crippen molar-refractivity contribution in [1.82, 2.24) is 15.3 Å². The van der Waals surface area contributed by atoms with Crippen LogP contribution in [0.5, 0.6) is 0 Å². The highest BCUT2D eigenvalue weighted by molar-refractivity contribution is 7.98. The summed E-state index contributed by atoms with van der Waals surface area (Å²) in [6.45, 7) is 6.82. The number of carbonyl (C=O) groups excluding carboxylic acids is 1. The molecule has 0 atom stereocenters. The van der Waals surface area contributed by atoms with Gasteiger partial charge >= 0.3 is 0 Å². The largest absolute Gasteiger partial charge is 0.355 e. The average Bonchev–Trinajstić information content (AvgIpc) is 2.78. The number of amides is 1. The molecule has 0 saturated heterocycles. The van der Waals surface area contributed by atoms with Crippen molar-refractivity contribution in [2.24, 2.45) is 0 Å². The molecule has 0 unspecified atom stereocenters. The molecule has 31 heavy (non-hydrogen) atoms. The summed E-state index contributed by atoms with van der Waals surface area (Å²) in [4.78, 5) is 23.7. The fraction of sp³-hybridized carbons (Fsp3) is 0.320. The number of aryl methyl sites for hydroxylation is 1. The zero-order valence-corrected chi connectivity index (χ0v) is 19.4. The van der Waals surface area contributed by atoms with E-state index in [-0.39, 0.29) is 11.9 Å². The second kappa shape index (κ2) is 11.0. The lowest BCUT2D eigenvalue weighted by molar-refractivity contribution is 0.0943. The third kappa shape index (κ3) is 6.82. The minimum Gasteiger partial charge on any atom is -0.355 e. The first-order valence-electron chi connectivity index (χ1n) is 10.6. The van der Waals surface area contributed by atoms with Crippen molar-refractivity contribution >= 4 is 23.5 Å². The summed E-state index contributed by atoms with van der Waals surface area (Å²) in [6, 6.07) is 20.3. The highest BCUT2D eigenvalue weighted by Crippen LogP contribution is 2.24. The summed E-state index contributed by atoms with van der Waals surface area (Å²) >= 11 is 1.62. The van der Waals surface area contributed by atoms with Gasteiger partial charge in [0.2, 0.25) is 0 Å². The molecule has 0 fully saturated rings. The molecular formula is C25H30N4OS. The standard InChI is InChI=1S/C25H30N4OS/c1-5-22-15-23(29(4)16-19-9-7-6-8-10-19)28-25(27-22)31-17-20-11-13-21(14-12-20)24(30)26-18(2)3/h6-15,18H,5,16-17H2,1-4H3,(H,26,30). The molecule has 6 heteroatoms. The van der Waals surface area contributed by atoms with Crippen molar-refractivity contribution in [2.75, 3.05) is 11.9 Å². The molecule has 1 heterocycles. The molecule has 1 amide bonds. The molecular weight excluding hydrogens is 404 g/mol. The topological polar surface area (TPSA) is 58.1 Å². The molecule has 0 spiro atoms. The predicted molar refractivity (Wildman–Crippen MR) is 129 cm³/mol. The summed E-state index contributed by atoms with van der Waals surface area (Å²) in [5.74, 6) is 1.64. The van der Waals surface area contributed by atoms with Gasteiger partial charge in [-0.05, 0) is 43.5 Å². The maximum Gasteiger partial charge on any atom is 0.251 e. The smallest absolute Gasteiger partial charge is 0.251 e. The van der Waals surface area contributed by atoms with Crippen molar-refractivity contribution < 1.29 is 4.79 Å². The lowest BCUT2D eigenvalue weighted by Gasteiger charge is -2.19. The van der Waals surface area contributed by atoms with Gasteiger partial charge in [-0.15, -0.1) is 0 Å². The van der Waals surface area contributed by atoms with Gasteiger partial charge in [0.15, 0.2) is 5.16 Å². The van der Waals surface area contributed by atoms with E-state index in [0.717, 1.165) is 41.0 Å². The Hall–Kier alpha value is -2.86. The van der Waals surface area contributed by atoms with Gasteiger partial charge in [0.05, 0.1) is 0 Å². The third-order valence-electron chi connectivity index (χ3n) is 4.76. The predicted octanol–water partition coefficient (Wildman–Crippen LogP) is 5.11. The van der Waals surface area contributed by atoms with Gasteiger partial charge in [0, 0.05) is 42.7 Å². The maximum absolute atomic E-state index is 12.1. The van der Waals surface area contributed by atoms with Gasteiger partial charge in [-0.2, -0.15) is 0 Å². The molecule has 0 aliphatic heterocycles. The quantitative estimate of drug-likeness (QED) is 0.375. The normalized spacial score (nSPS) is 10.9. The summed E-state index contributed by atoms with van der Waals surface area (Å²) in [6.07, 6.45) is 0.863. The Bertz CT molecular complexity index is 990. The van der Waals surface area contributed by atoms with Crippen molar-refractivity contribution in [2.45, 2.75) is 50.7 Å². The Morgan fingerprint density at radius 2 is 1.74 bits per heavy atom. The molecule has 0 saturated carbocycles. The van der Waals surface area contributed by atoms with Crippen molar-refractivity contribution in [1.29, 1.82) is 0 Å². The molecule has 5 nitrogen and oxygen atoms in total.